The number of hydrogen-bond acceptors (Lipinski definition) is 1. The van der Waals surface area contributed by atoms with Crippen molar-refractivity contribution < 1.29 is 35.7 Å². The molecular formula is C16H21NaO. The summed E-state index contributed by atoms with van der Waals surface area (Å²) in [6, 6.07) is 20.8. The summed E-state index contributed by atoms with van der Waals surface area (Å²) in [4.78, 5) is 0. The number of ether oxygens (including phenoxy) is 1. The topological polar surface area (TPSA) is 9.23 Å². The van der Waals surface area contributed by atoms with Gasteiger partial charge in [-0.25, -0.2) is 0 Å². The monoisotopic (exact) mass is 252 g/mol. The van der Waals surface area contributed by atoms with Crippen LogP contribution in [0, 0.1) is 0 Å². The molecule has 92 valence electrons. The molecule has 2 aromatic carbocycles. The van der Waals surface area contributed by atoms with Crippen molar-refractivity contribution in [3.63, 3.8) is 0 Å². The van der Waals surface area contributed by atoms with Crippen LogP contribution in [0.25, 0.3) is 11.1 Å². The van der Waals surface area contributed by atoms with Crippen molar-refractivity contribution in [3.05, 3.63) is 60.7 Å². The molecule has 1 nitrogen and oxygen atoms in total. The minimum Gasteiger partial charge on any atom is -1.00 e. The Bertz CT molecular complexity index is 353. The second kappa shape index (κ2) is 11.5. The smallest absolute Gasteiger partial charge is 1.00 e. The van der Waals surface area contributed by atoms with Crippen LogP contribution in [0.1, 0.15) is 15.3 Å². The molecule has 0 fully saturated rings. The molecule has 0 aliphatic rings. The molecule has 0 unspecified atom stereocenters. The van der Waals surface area contributed by atoms with E-state index in [1.165, 1.54) is 11.1 Å². The Kier molecular flexibility index (Phi) is 11.1. The molecule has 2 aromatic rings. The largest absolute Gasteiger partial charge is 1.00 e. The number of benzene rings is 2. The fraction of sp³-hybridized carbons (Fsp3) is 0.250. The van der Waals surface area contributed by atoms with E-state index in [-0.39, 0.29) is 31.0 Å². The summed E-state index contributed by atoms with van der Waals surface area (Å²) in [6.07, 6.45) is 0. The second-order valence-corrected chi connectivity index (χ2v) is 3.51. The van der Waals surface area contributed by atoms with Gasteiger partial charge in [-0.3, -0.25) is 0 Å². The van der Waals surface area contributed by atoms with Crippen molar-refractivity contribution in [1.82, 2.24) is 0 Å². The Morgan fingerprint density at radius 1 is 0.722 bits per heavy atom. The molecule has 2 heteroatoms. The van der Waals surface area contributed by atoms with Gasteiger partial charge in [0.2, 0.25) is 0 Å². The first-order valence-electron chi connectivity index (χ1n) is 6.06. The van der Waals surface area contributed by atoms with E-state index in [4.69, 9.17) is 4.74 Å². The maximum Gasteiger partial charge on any atom is 1.00 e. The summed E-state index contributed by atoms with van der Waals surface area (Å²) in [6.45, 7) is 5.67. The third-order valence-electron chi connectivity index (χ3n) is 2.29. The van der Waals surface area contributed by atoms with Crippen molar-refractivity contribution in [2.75, 3.05) is 13.2 Å². The first-order valence-corrected chi connectivity index (χ1v) is 6.06. The van der Waals surface area contributed by atoms with E-state index in [1.54, 1.807) is 0 Å². The first kappa shape index (κ1) is 17.4. The molecule has 0 aliphatic carbocycles. The van der Waals surface area contributed by atoms with E-state index in [0.717, 1.165) is 13.2 Å². The van der Waals surface area contributed by atoms with Gasteiger partial charge < -0.3 is 6.16 Å². The van der Waals surface area contributed by atoms with Gasteiger partial charge in [0, 0.05) is 13.2 Å². The molecule has 0 saturated heterocycles. The number of hydrogen-bond donors (Lipinski definition) is 0. The Morgan fingerprint density at radius 2 is 1.06 bits per heavy atom. The molecule has 0 bridgehead atoms. The van der Waals surface area contributed by atoms with Crippen LogP contribution in [0.4, 0.5) is 0 Å². The van der Waals surface area contributed by atoms with Gasteiger partial charge >= 0.3 is 29.6 Å². The van der Waals surface area contributed by atoms with Crippen LogP contribution in [0.5, 0.6) is 0 Å². The molecule has 0 saturated carbocycles. The minimum atomic E-state index is 0. The maximum atomic E-state index is 4.83. The molecular weight excluding hydrogens is 231 g/mol. The zero-order chi connectivity index (χ0) is 12.3. The molecule has 0 amide bonds. The average molecular weight is 252 g/mol. The van der Waals surface area contributed by atoms with Crippen LogP contribution < -0.4 is 29.6 Å². The second-order valence-electron chi connectivity index (χ2n) is 3.51. The van der Waals surface area contributed by atoms with Gasteiger partial charge in [0.25, 0.3) is 0 Å². The molecule has 0 heterocycles. The molecule has 0 radical (unpaired) electrons. The predicted octanol–water partition coefficient (Wildman–Crippen LogP) is 1.51. The van der Waals surface area contributed by atoms with E-state index < -0.39 is 0 Å². The van der Waals surface area contributed by atoms with Gasteiger partial charge in [-0.1, -0.05) is 60.7 Å². The standard InChI is InChI=1S/C12H10.C4H10O.Na.H/c1-3-7-11(8-4-1)12-9-5-2-6-10-12;1-3-5-4-2;;/h1-10H;3-4H2,1-2H3;;/q;;+1;-1. The van der Waals surface area contributed by atoms with E-state index >= 15 is 0 Å². The Morgan fingerprint density at radius 3 is 1.28 bits per heavy atom. The molecule has 18 heavy (non-hydrogen) atoms. The van der Waals surface area contributed by atoms with Gasteiger partial charge in [-0.2, -0.15) is 0 Å². The Hall–Kier alpha value is -0.600. The summed E-state index contributed by atoms with van der Waals surface area (Å²) in [5, 5.41) is 0. The molecule has 0 N–H and O–H groups in total. The zero-order valence-corrected chi connectivity index (χ0v) is 13.6. The fourth-order valence-corrected chi connectivity index (χ4v) is 1.47. The van der Waals surface area contributed by atoms with Crippen LogP contribution in [-0.4, -0.2) is 13.2 Å². The summed E-state index contributed by atoms with van der Waals surface area (Å²) >= 11 is 0. The van der Waals surface area contributed by atoms with E-state index in [2.05, 4.69) is 48.5 Å². The zero-order valence-electron chi connectivity index (χ0n) is 12.6. The van der Waals surface area contributed by atoms with Crippen LogP contribution in [0.3, 0.4) is 0 Å². The van der Waals surface area contributed by atoms with Crippen LogP contribution >= 0.6 is 0 Å². The molecule has 0 spiro atoms. The first-order chi connectivity index (χ1) is 8.38. The normalized spacial score (nSPS) is 8.78. The Labute approximate surface area is 134 Å². The summed E-state index contributed by atoms with van der Waals surface area (Å²) in [5.41, 5.74) is 2.55. The maximum absolute atomic E-state index is 4.83. The predicted molar refractivity (Wildman–Crippen MR) is 75.2 cm³/mol. The van der Waals surface area contributed by atoms with Gasteiger partial charge in [0.15, 0.2) is 0 Å². The molecule has 0 aromatic heterocycles. The SMILES string of the molecule is CCOCC.[H-].[Na+].c1ccc(-c2ccccc2)cc1. The van der Waals surface area contributed by atoms with E-state index in [1.807, 2.05) is 26.0 Å². The van der Waals surface area contributed by atoms with E-state index in [9.17, 15) is 0 Å². The summed E-state index contributed by atoms with van der Waals surface area (Å²) in [5.74, 6) is 0. The van der Waals surface area contributed by atoms with Gasteiger partial charge in [-0.05, 0) is 25.0 Å². The average Bonchev–Trinajstić information content (AvgIpc) is 2.42. The van der Waals surface area contributed by atoms with Crippen molar-refractivity contribution >= 4 is 0 Å². The molecule has 0 atom stereocenters. The molecule has 0 aliphatic heterocycles. The van der Waals surface area contributed by atoms with Crippen LogP contribution in [-0.2, 0) is 4.74 Å². The minimum absolute atomic E-state index is 0. The molecule has 2 rings (SSSR count). The van der Waals surface area contributed by atoms with Gasteiger partial charge in [0.05, 0.1) is 0 Å². The van der Waals surface area contributed by atoms with Crippen LogP contribution in [0.2, 0.25) is 0 Å². The fourth-order valence-electron chi connectivity index (χ4n) is 1.47. The summed E-state index contributed by atoms with van der Waals surface area (Å²) < 4.78 is 4.83. The van der Waals surface area contributed by atoms with Crippen LogP contribution in [0.15, 0.2) is 60.7 Å². The van der Waals surface area contributed by atoms with Gasteiger partial charge in [0.1, 0.15) is 0 Å². The van der Waals surface area contributed by atoms with Crippen molar-refractivity contribution in [2.45, 2.75) is 13.8 Å². The summed E-state index contributed by atoms with van der Waals surface area (Å²) in [7, 11) is 0. The van der Waals surface area contributed by atoms with Crippen molar-refractivity contribution in [2.24, 2.45) is 0 Å². The number of rotatable bonds is 3. The van der Waals surface area contributed by atoms with E-state index in [0.29, 0.717) is 0 Å². The van der Waals surface area contributed by atoms with Crippen molar-refractivity contribution in [1.29, 1.82) is 0 Å². The third-order valence-corrected chi connectivity index (χ3v) is 2.29. The van der Waals surface area contributed by atoms with Gasteiger partial charge in [-0.15, -0.1) is 0 Å². The quantitative estimate of drug-likeness (QED) is 0.753. The van der Waals surface area contributed by atoms with Crippen molar-refractivity contribution in [3.8, 4) is 11.1 Å². The third kappa shape index (κ3) is 6.97. The Balaban J connectivity index is 0.